The van der Waals surface area contributed by atoms with Crippen LogP contribution in [0.4, 0.5) is 0 Å². The summed E-state index contributed by atoms with van der Waals surface area (Å²) in [6, 6.07) is 0. The van der Waals surface area contributed by atoms with Crippen LogP contribution in [0, 0.1) is 5.92 Å². The molecule has 0 bridgehead atoms. The van der Waals surface area contributed by atoms with Gasteiger partial charge >= 0.3 is 0 Å². The lowest BCUT2D eigenvalue weighted by Crippen LogP contribution is -2.55. The summed E-state index contributed by atoms with van der Waals surface area (Å²) in [5, 5.41) is 0. The van der Waals surface area contributed by atoms with E-state index in [0.717, 1.165) is 13.0 Å². The number of carbonyl (C=O) groups is 1. The van der Waals surface area contributed by atoms with E-state index in [1.54, 1.807) is 0 Å². The number of hydrogen-bond acceptors (Lipinski definition) is 2. The van der Waals surface area contributed by atoms with Crippen molar-refractivity contribution in [1.82, 2.24) is 4.90 Å². The third kappa shape index (κ3) is 3.20. The number of carbonyl (C=O) groups excluding carboxylic acids is 1. The van der Waals surface area contributed by atoms with E-state index in [1.807, 2.05) is 4.90 Å². The van der Waals surface area contributed by atoms with Crippen LogP contribution in [0.5, 0.6) is 0 Å². The average Bonchev–Trinajstić information content (AvgIpc) is 2.16. The predicted molar refractivity (Wildman–Crippen MR) is 60.7 cm³/mol. The van der Waals surface area contributed by atoms with Gasteiger partial charge in [0.25, 0.3) is 0 Å². The van der Waals surface area contributed by atoms with Gasteiger partial charge in [-0.1, -0.05) is 20.3 Å². The molecule has 0 saturated carbocycles. The van der Waals surface area contributed by atoms with Crippen LogP contribution in [0.2, 0.25) is 0 Å². The fourth-order valence-corrected chi connectivity index (χ4v) is 1.87. The van der Waals surface area contributed by atoms with Gasteiger partial charge in [-0.05, 0) is 19.8 Å². The molecule has 1 atom stereocenters. The maximum atomic E-state index is 12.1. The van der Waals surface area contributed by atoms with Crippen LogP contribution in [-0.2, 0) is 9.53 Å². The number of amides is 1. The van der Waals surface area contributed by atoms with E-state index in [2.05, 4.69) is 27.7 Å². The van der Waals surface area contributed by atoms with Gasteiger partial charge in [0.15, 0.2) is 0 Å². The number of rotatable bonds is 3. The summed E-state index contributed by atoms with van der Waals surface area (Å²) in [6.45, 7) is 10.5. The SMILES string of the molecule is CC[C@H](C)CC(=O)N1CCOCC1(C)C. The Balaban J connectivity index is 2.57. The molecule has 15 heavy (non-hydrogen) atoms. The first-order valence-corrected chi connectivity index (χ1v) is 5.85. The molecule has 0 aromatic rings. The molecule has 1 saturated heterocycles. The highest BCUT2D eigenvalue weighted by Gasteiger charge is 2.33. The summed E-state index contributed by atoms with van der Waals surface area (Å²) in [6.07, 6.45) is 1.73. The Labute approximate surface area is 92.8 Å². The fraction of sp³-hybridized carbons (Fsp3) is 0.917. The largest absolute Gasteiger partial charge is 0.377 e. The van der Waals surface area contributed by atoms with E-state index in [4.69, 9.17) is 4.74 Å². The topological polar surface area (TPSA) is 29.5 Å². The van der Waals surface area contributed by atoms with Crippen LogP contribution in [0.25, 0.3) is 0 Å². The molecule has 0 aliphatic carbocycles. The van der Waals surface area contributed by atoms with Crippen molar-refractivity contribution in [3.8, 4) is 0 Å². The summed E-state index contributed by atoms with van der Waals surface area (Å²) >= 11 is 0. The summed E-state index contributed by atoms with van der Waals surface area (Å²) in [5.41, 5.74) is -0.136. The fourth-order valence-electron chi connectivity index (χ4n) is 1.87. The summed E-state index contributed by atoms with van der Waals surface area (Å²) in [5.74, 6) is 0.758. The van der Waals surface area contributed by atoms with Gasteiger partial charge in [0.05, 0.1) is 18.8 Å². The molecule has 1 amide bonds. The molecule has 1 rings (SSSR count). The van der Waals surface area contributed by atoms with Crippen LogP contribution in [0.15, 0.2) is 0 Å². The Bertz CT molecular complexity index is 226. The number of ether oxygens (including phenoxy) is 1. The first kappa shape index (κ1) is 12.5. The second-order valence-corrected chi connectivity index (χ2v) is 5.13. The second-order valence-electron chi connectivity index (χ2n) is 5.13. The van der Waals surface area contributed by atoms with Crippen molar-refractivity contribution in [3.63, 3.8) is 0 Å². The van der Waals surface area contributed by atoms with Crippen molar-refractivity contribution < 1.29 is 9.53 Å². The minimum absolute atomic E-state index is 0.136. The van der Waals surface area contributed by atoms with Gasteiger partial charge < -0.3 is 9.64 Å². The van der Waals surface area contributed by atoms with Gasteiger partial charge in [0.1, 0.15) is 0 Å². The minimum Gasteiger partial charge on any atom is -0.377 e. The zero-order valence-electron chi connectivity index (χ0n) is 10.4. The summed E-state index contributed by atoms with van der Waals surface area (Å²) in [4.78, 5) is 14.0. The molecular formula is C12H23NO2. The molecule has 0 unspecified atom stereocenters. The van der Waals surface area contributed by atoms with Crippen LogP contribution < -0.4 is 0 Å². The third-order valence-electron chi connectivity index (χ3n) is 3.17. The maximum Gasteiger partial charge on any atom is 0.223 e. The highest BCUT2D eigenvalue weighted by Crippen LogP contribution is 2.21. The van der Waals surface area contributed by atoms with E-state index >= 15 is 0 Å². The molecule has 1 aliphatic heterocycles. The first-order chi connectivity index (χ1) is 6.97. The zero-order chi connectivity index (χ0) is 11.5. The lowest BCUT2D eigenvalue weighted by molar-refractivity contribution is -0.147. The number of nitrogens with zero attached hydrogens (tertiary/aromatic N) is 1. The molecule has 1 fully saturated rings. The van der Waals surface area contributed by atoms with E-state index < -0.39 is 0 Å². The van der Waals surface area contributed by atoms with Crippen molar-refractivity contribution in [2.75, 3.05) is 19.8 Å². The molecule has 1 aliphatic rings. The quantitative estimate of drug-likeness (QED) is 0.718. The van der Waals surface area contributed by atoms with E-state index in [0.29, 0.717) is 25.6 Å². The summed E-state index contributed by atoms with van der Waals surface area (Å²) < 4.78 is 5.40. The lowest BCUT2D eigenvalue weighted by Gasteiger charge is -2.42. The summed E-state index contributed by atoms with van der Waals surface area (Å²) in [7, 11) is 0. The Morgan fingerprint density at radius 1 is 1.53 bits per heavy atom. The molecule has 0 aromatic carbocycles. The lowest BCUT2D eigenvalue weighted by atomic mass is 9.98. The molecule has 0 spiro atoms. The third-order valence-corrected chi connectivity index (χ3v) is 3.17. The van der Waals surface area contributed by atoms with Gasteiger partial charge in [-0.3, -0.25) is 4.79 Å². The van der Waals surface area contributed by atoms with Crippen molar-refractivity contribution >= 4 is 5.91 Å². The van der Waals surface area contributed by atoms with Gasteiger partial charge in [-0.15, -0.1) is 0 Å². The van der Waals surface area contributed by atoms with Crippen molar-refractivity contribution in [1.29, 1.82) is 0 Å². The van der Waals surface area contributed by atoms with E-state index in [-0.39, 0.29) is 11.4 Å². The van der Waals surface area contributed by atoms with Crippen LogP contribution in [0.3, 0.4) is 0 Å². The molecule has 0 radical (unpaired) electrons. The Hall–Kier alpha value is -0.570. The number of hydrogen-bond donors (Lipinski definition) is 0. The Morgan fingerprint density at radius 2 is 2.20 bits per heavy atom. The predicted octanol–water partition coefficient (Wildman–Crippen LogP) is 2.06. The van der Waals surface area contributed by atoms with Crippen LogP contribution in [-0.4, -0.2) is 36.1 Å². The highest BCUT2D eigenvalue weighted by atomic mass is 16.5. The van der Waals surface area contributed by atoms with Crippen molar-refractivity contribution in [2.24, 2.45) is 5.92 Å². The smallest absolute Gasteiger partial charge is 0.223 e. The molecule has 1 heterocycles. The van der Waals surface area contributed by atoms with Gasteiger partial charge in [0, 0.05) is 13.0 Å². The van der Waals surface area contributed by atoms with Crippen LogP contribution >= 0.6 is 0 Å². The monoisotopic (exact) mass is 213 g/mol. The molecule has 3 heteroatoms. The standard InChI is InChI=1S/C12H23NO2/c1-5-10(2)8-11(14)13-6-7-15-9-12(13,3)4/h10H,5-9H2,1-4H3/t10-/m0/s1. The Kier molecular flexibility index (Phi) is 4.14. The minimum atomic E-state index is -0.136. The van der Waals surface area contributed by atoms with E-state index in [1.165, 1.54) is 0 Å². The molecule has 0 aromatic heterocycles. The van der Waals surface area contributed by atoms with Gasteiger partial charge in [-0.25, -0.2) is 0 Å². The Morgan fingerprint density at radius 3 is 2.73 bits per heavy atom. The van der Waals surface area contributed by atoms with E-state index in [9.17, 15) is 4.79 Å². The highest BCUT2D eigenvalue weighted by molar-refractivity contribution is 5.77. The normalized spacial score (nSPS) is 22.5. The molecular weight excluding hydrogens is 190 g/mol. The van der Waals surface area contributed by atoms with Crippen molar-refractivity contribution in [3.05, 3.63) is 0 Å². The molecule has 88 valence electrons. The first-order valence-electron chi connectivity index (χ1n) is 5.85. The second kappa shape index (κ2) is 4.97. The van der Waals surface area contributed by atoms with Crippen LogP contribution in [0.1, 0.15) is 40.5 Å². The van der Waals surface area contributed by atoms with Crippen molar-refractivity contribution in [2.45, 2.75) is 46.1 Å². The maximum absolute atomic E-state index is 12.1. The average molecular weight is 213 g/mol. The van der Waals surface area contributed by atoms with Gasteiger partial charge in [0.2, 0.25) is 5.91 Å². The zero-order valence-corrected chi connectivity index (χ0v) is 10.4. The molecule has 0 N–H and O–H groups in total. The van der Waals surface area contributed by atoms with Gasteiger partial charge in [-0.2, -0.15) is 0 Å². The number of morpholine rings is 1. The molecule has 3 nitrogen and oxygen atoms in total.